The zero-order chi connectivity index (χ0) is 20.8. The van der Waals surface area contributed by atoms with Gasteiger partial charge in [-0.2, -0.15) is 0 Å². The Bertz CT molecular complexity index is 1030. The number of hydrogen-bond acceptors (Lipinski definition) is 5. The molecule has 0 radical (unpaired) electrons. The van der Waals surface area contributed by atoms with Crippen molar-refractivity contribution in [3.8, 4) is 11.5 Å². The quantitative estimate of drug-likeness (QED) is 0.571. The first kappa shape index (κ1) is 19.5. The number of nitrogens with zero attached hydrogens (tertiary/aromatic N) is 2. The van der Waals surface area contributed by atoms with E-state index in [1.165, 1.54) is 0 Å². The van der Waals surface area contributed by atoms with Crippen molar-refractivity contribution in [3.63, 3.8) is 0 Å². The average Bonchev–Trinajstić information content (AvgIpc) is 3.27. The van der Waals surface area contributed by atoms with Crippen molar-refractivity contribution in [2.75, 3.05) is 6.61 Å². The van der Waals surface area contributed by atoms with E-state index < -0.39 is 17.4 Å². The second-order valence-electron chi connectivity index (χ2n) is 8.72. The molecule has 4 rings (SSSR count). The number of fused-ring (bicyclic) bond motifs is 1. The number of hydrogen-bond donors (Lipinski definition) is 0. The van der Waals surface area contributed by atoms with Gasteiger partial charge in [-0.1, -0.05) is 18.2 Å². The summed E-state index contributed by atoms with van der Waals surface area (Å²) in [7, 11) is 0. The number of carbonyl (C=O) groups is 1. The van der Waals surface area contributed by atoms with E-state index in [9.17, 15) is 4.79 Å². The minimum absolute atomic E-state index is 0.304. The summed E-state index contributed by atoms with van der Waals surface area (Å²) in [5.41, 5.74) is 1.13. The van der Waals surface area contributed by atoms with Gasteiger partial charge in [0.2, 0.25) is 0 Å². The number of para-hydroxylation sites is 1. The van der Waals surface area contributed by atoms with Gasteiger partial charge in [-0.05, 0) is 64.4 Å². The van der Waals surface area contributed by atoms with E-state index in [1.54, 1.807) is 11.2 Å². The van der Waals surface area contributed by atoms with Crippen LogP contribution in [0.15, 0.2) is 53.1 Å². The maximum Gasteiger partial charge on any atom is 0.413 e. The molecule has 1 aliphatic rings. The maximum atomic E-state index is 13.1. The minimum Gasteiger partial charge on any atom is -0.463 e. The minimum atomic E-state index is -0.789. The monoisotopic (exact) mass is 394 g/mol. The van der Waals surface area contributed by atoms with Crippen LogP contribution in [0.2, 0.25) is 0 Å². The number of pyridine rings is 1. The highest BCUT2D eigenvalue weighted by molar-refractivity contribution is 5.86. The Hall–Kier alpha value is -2.86. The number of ether oxygens (including phenoxy) is 2. The van der Waals surface area contributed by atoms with Crippen molar-refractivity contribution in [2.45, 2.75) is 52.0 Å². The number of amides is 1. The van der Waals surface area contributed by atoms with Crippen LogP contribution in [0.4, 0.5) is 4.79 Å². The van der Waals surface area contributed by atoms with Crippen LogP contribution in [0.3, 0.4) is 0 Å². The van der Waals surface area contributed by atoms with Crippen LogP contribution in [0, 0.1) is 0 Å². The fourth-order valence-electron chi connectivity index (χ4n) is 3.72. The molecule has 1 saturated heterocycles. The second kappa shape index (κ2) is 6.88. The van der Waals surface area contributed by atoms with E-state index in [2.05, 4.69) is 0 Å². The van der Waals surface area contributed by atoms with Crippen LogP contribution in [-0.2, 0) is 9.47 Å². The highest BCUT2D eigenvalue weighted by Gasteiger charge is 2.47. The Labute approximate surface area is 170 Å². The number of carbonyl (C=O) groups excluding carboxylic acids is 1. The van der Waals surface area contributed by atoms with E-state index >= 15 is 0 Å². The van der Waals surface area contributed by atoms with E-state index in [4.69, 9.17) is 18.9 Å². The van der Waals surface area contributed by atoms with Gasteiger partial charge < -0.3 is 13.9 Å². The SMILES string of the molecule is CC(C)(C)OC(=O)N1[C@H](c2cc(-c3ccco3)nc3ccccc23)COC1(C)C. The molecule has 1 atom stereocenters. The van der Waals surface area contributed by atoms with Gasteiger partial charge in [0, 0.05) is 5.39 Å². The van der Waals surface area contributed by atoms with Gasteiger partial charge in [0.25, 0.3) is 0 Å². The zero-order valence-electron chi connectivity index (χ0n) is 17.4. The van der Waals surface area contributed by atoms with Gasteiger partial charge in [0.15, 0.2) is 5.76 Å². The van der Waals surface area contributed by atoms with Crippen molar-refractivity contribution in [3.05, 3.63) is 54.3 Å². The summed E-state index contributed by atoms with van der Waals surface area (Å²) in [5, 5.41) is 0.975. The molecule has 29 heavy (non-hydrogen) atoms. The van der Waals surface area contributed by atoms with Gasteiger partial charge >= 0.3 is 6.09 Å². The molecule has 152 valence electrons. The van der Waals surface area contributed by atoms with Crippen LogP contribution < -0.4 is 0 Å². The molecule has 6 nitrogen and oxygen atoms in total. The van der Waals surface area contributed by atoms with E-state index in [1.807, 2.05) is 77.1 Å². The van der Waals surface area contributed by atoms with E-state index in [0.29, 0.717) is 12.4 Å². The lowest BCUT2D eigenvalue weighted by atomic mass is 9.99. The molecule has 0 bridgehead atoms. The Balaban J connectivity index is 1.85. The summed E-state index contributed by atoms with van der Waals surface area (Å²) in [5.74, 6) is 0.680. The molecular weight excluding hydrogens is 368 g/mol. The zero-order valence-corrected chi connectivity index (χ0v) is 17.4. The summed E-state index contributed by atoms with van der Waals surface area (Å²) >= 11 is 0. The predicted octanol–water partition coefficient (Wildman–Crippen LogP) is 5.54. The van der Waals surface area contributed by atoms with Gasteiger partial charge in [-0.3, -0.25) is 4.90 Å². The van der Waals surface area contributed by atoms with Crippen molar-refractivity contribution in [1.29, 1.82) is 0 Å². The molecule has 0 N–H and O–H groups in total. The highest BCUT2D eigenvalue weighted by atomic mass is 16.6. The third-order valence-corrected chi connectivity index (χ3v) is 4.96. The number of rotatable bonds is 2. The van der Waals surface area contributed by atoms with Gasteiger partial charge in [0.05, 0.1) is 24.4 Å². The smallest absolute Gasteiger partial charge is 0.413 e. The summed E-state index contributed by atoms with van der Waals surface area (Å²) in [4.78, 5) is 19.5. The molecule has 0 aliphatic carbocycles. The normalized spacial score (nSPS) is 18.9. The van der Waals surface area contributed by atoms with Crippen LogP contribution in [0.1, 0.15) is 46.2 Å². The van der Waals surface area contributed by atoms with E-state index in [0.717, 1.165) is 22.2 Å². The Morgan fingerprint density at radius 2 is 1.97 bits per heavy atom. The standard InChI is InChI=1S/C23H26N2O4/c1-22(2,3)29-21(26)25-19(14-28-23(25,4)5)16-13-18(20-11-8-12-27-20)24-17-10-7-6-9-15(16)17/h6-13,19H,14H2,1-5H3/t19-/m0/s1. The van der Waals surface area contributed by atoms with Gasteiger partial charge in [-0.25, -0.2) is 9.78 Å². The highest BCUT2D eigenvalue weighted by Crippen LogP contribution is 2.41. The summed E-state index contributed by atoms with van der Waals surface area (Å²) in [6.45, 7) is 9.72. The van der Waals surface area contributed by atoms with Crippen LogP contribution in [0.5, 0.6) is 0 Å². The fourth-order valence-corrected chi connectivity index (χ4v) is 3.72. The van der Waals surface area contributed by atoms with Gasteiger partial charge in [0.1, 0.15) is 17.0 Å². The number of benzene rings is 1. The van der Waals surface area contributed by atoms with Gasteiger partial charge in [-0.15, -0.1) is 0 Å². The fraction of sp³-hybridized carbons (Fsp3) is 0.391. The predicted molar refractivity (Wildman–Crippen MR) is 110 cm³/mol. The third kappa shape index (κ3) is 3.72. The molecule has 1 aliphatic heterocycles. The molecule has 6 heteroatoms. The summed E-state index contributed by atoms with van der Waals surface area (Å²) in [6.07, 6.45) is 1.23. The van der Waals surface area contributed by atoms with Crippen molar-refractivity contribution < 1.29 is 18.7 Å². The molecule has 3 aromatic rings. The molecule has 2 aromatic heterocycles. The molecule has 1 fully saturated rings. The molecule has 0 spiro atoms. The molecule has 3 heterocycles. The third-order valence-electron chi connectivity index (χ3n) is 4.96. The van der Waals surface area contributed by atoms with Crippen LogP contribution in [0.25, 0.3) is 22.4 Å². The first-order valence-corrected chi connectivity index (χ1v) is 9.75. The van der Waals surface area contributed by atoms with Crippen molar-refractivity contribution in [1.82, 2.24) is 9.88 Å². The summed E-state index contributed by atoms with van der Waals surface area (Å²) < 4.78 is 17.3. The Kier molecular flexibility index (Phi) is 4.62. The lowest BCUT2D eigenvalue weighted by Crippen LogP contribution is -2.47. The Morgan fingerprint density at radius 1 is 1.21 bits per heavy atom. The molecule has 0 unspecified atom stereocenters. The van der Waals surface area contributed by atoms with Crippen LogP contribution in [-0.4, -0.2) is 33.9 Å². The lowest BCUT2D eigenvalue weighted by Gasteiger charge is -2.35. The second-order valence-corrected chi connectivity index (χ2v) is 8.72. The Morgan fingerprint density at radius 3 is 2.66 bits per heavy atom. The molecule has 1 amide bonds. The first-order chi connectivity index (χ1) is 13.7. The molecular formula is C23H26N2O4. The van der Waals surface area contributed by atoms with Crippen molar-refractivity contribution in [2.24, 2.45) is 0 Å². The molecule has 0 saturated carbocycles. The summed E-state index contributed by atoms with van der Waals surface area (Å²) in [6, 6.07) is 13.3. The first-order valence-electron chi connectivity index (χ1n) is 9.75. The van der Waals surface area contributed by atoms with Crippen LogP contribution >= 0.6 is 0 Å². The van der Waals surface area contributed by atoms with E-state index in [-0.39, 0.29) is 6.04 Å². The number of furan rings is 1. The number of aromatic nitrogens is 1. The average molecular weight is 394 g/mol. The van der Waals surface area contributed by atoms with Crippen molar-refractivity contribution >= 4 is 17.0 Å². The largest absolute Gasteiger partial charge is 0.463 e. The lowest BCUT2D eigenvalue weighted by molar-refractivity contribution is -0.0625. The maximum absolute atomic E-state index is 13.1. The topological polar surface area (TPSA) is 64.8 Å². The molecule has 1 aromatic carbocycles.